The van der Waals surface area contributed by atoms with Crippen LogP contribution in [0.2, 0.25) is 0 Å². The zero-order chi connectivity index (χ0) is 17.3. The highest BCUT2D eigenvalue weighted by molar-refractivity contribution is 6.60. The van der Waals surface area contributed by atoms with Crippen molar-refractivity contribution in [3.05, 3.63) is 48.4 Å². The third-order valence-electron chi connectivity index (χ3n) is 4.09. The summed E-state index contributed by atoms with van der Waals surface area (Å²) in [5, 5.41) is 20.3. The van der Waals surface area contributed by atoms with Crippen molar-refractivity contribution in [2.45, 2.75) is 38.9 Å². The first-order valence-corrected chi connectivity index (χ1v) is 7.40. The van der Waals surface area contributed by atoms with Gasteiger partial charge < -0.3 is 14.8 Å². The van der Waals surface area contributed by atoms with Crippen molar-refractivity contribution >= 4 is 12.6 Å². The topological polar surface area (TPSA) is 62.6 Å². The van der Waals surface area contributed by atoms with E-state index in [1.807, 2.05) is 0 Å². The number of hydrogen-bond acceptors (Lipinski definition) is 4. The van der Waals surface area contributed by atoms with Crippen molar-refractivity contribution in [1.29, 1.82) is 0 Å². The molecule has 122 valence electrons. The van der Waals surface area contributed by atoms with E-state index in [0.29, 0.717) is 11.2 Å². The van der Waals surface area contributed by atoms with Gasteiger partial charge in [-0.3, -0.25) is 4.98 Å². The lowest BCUT2D eigenvalue weighted by Gasteiger charge is -2.38. The second-order valence-electron chi connectivity index (χ2n) is 6.52. The molecule has 0 aliphatic carbocycles. The van der Waals surface area contributed by atoms with Gasteiger partial charge in [0.1, 0.15) is 5.82 Å². The SMILES string of the molecule is CC(C)(O)C(C)(C)OB(O)c1ccc(-c2ccc(F)cc2)nc1. The van der Waals surface area contributed by atoms with Gasteiger partial charge in [0.15, 0.2) is 0 Å². The van der Waals surface area contributed by atoms with Crippen LogP contribution in [0.4, 0.5) is 4.39 Å². The summed E-state index contributed by atoms with van der Waals surface area (Å²) in [6.45, 7) is 6.65. The molecule has 0 spiro atoms. The molecule has 4 nitrogen and oxygen atoms in total. The molecule has 0 aliphatic rings. The van der Waals surface area contributed by atoms with Crippen LogP contribution in [0.15, 0.2) is 42.6 Å². The molecule has 0 atom stereocenters. The molecular formula is C17H21BFNO3. The van der Waals surface area contributed by atoms with Crippen LogP contribution in [-0.4, -0.2) is 33.4 Å². The number of nitrogens with zero attached hydrogens (tertiary/aromatic N) is 1. The minimum absolute atomic E-state index is 0.303. The van der Waals surface area contributed by atoms with Gasteiger partial charge >= 0.3 is 7.12 Å². The number of benzene rings is 1. The Kier molecular flexibility index (Phi) is 4.89. The summed E-state index contributed by atoms with van der Waals surface area (Å²) in [6.07, 6.45) is 1.50. The van der Waals surface area contributed by atoms with Crippen LogP contribution in [0.25, 0.3) is 11.3 Å². The lowest BCUT2D eigenvalue weighted by atomic mass is 9.77. The molecule has 2 N–H and O–H groups in total. The maximum absolute atomic E-state index is 12.9. The molecule has 0 fully saturated rings. The Balaban J connectivity index is 2.14. The maximum atomic E-state index is 12.9. The zero-order valence-corrected chi connectivity index (χ0v) is 13.7. The van der Waals surface area contributed by atoms with Crippen LogP contribution in [-0.2, 0) is 4.65 Å². The fraction of sp³-hybridized carbons (Fsp3) is 0.353. The first-order chi connectivity index (χ1) is 10.6. The number of halogens is 1. The van der Waals surface area contributed by atoms with Crippen molar-refractivity contribution in [3.63, 3.8) is 0 Å². The average Bonchev–Trinajstić information content (AvgIpc) is 2.46. The van der Waals surface area contributed by atoms with Gasteiger partial charge in [0.2, 0.25) is 0 Å². The van der Waals surface area contributed by atoms with Crippen molar-refractivity contribution in [2.75, 3.05) is 0 Å². The highest BCUT2D eigenvalue weighted by Crippen LogP contribution is 2.25. The van der Waals surface area contributed by atoms with E-state index in [0.717, 1.165) is 5.56 Å². The fourth-order valence-corrected chi connectivity index (χ4v) is 1.83. The molecule has 0 radical (unpaired) electrons. The zero-order valence-electron chi connectivity index (χ0n) is 13.7. The number of aliphatic hydroxyl groups is 1. The lowest BCUT2D eigenvalue weighted by molar-refractivity contribution is -0.0982. The highest BCUT2D eigenvalue weighted by atomic mass is 19.1. The summed E-state index contributed by atoms with van der Waals surface area (Å²) in [6, 6.07) is 9.44. The van der Waals surface area contributed by atoms with E-state index in [2.05, 4.69) is 4.98 Å². The van der Waals surface area contributed by atoms with E-state index in [1.165, 1.54) is 18.3 Å². The van der Waals surface area contributed by atoms with Crippen molar-refractivity contribution in [1.82, 2.24) is 4.98 Å². The molecule has 0 saturated heterocycles. The van der Waals surface area contributed by atoms with E-state index in [1.54, 1.807) is 52.0 Å². The molecular weight excluding hydrogens is 296 g/mol. The summed E-state index contributed by atoms with van der Waals surface area (Å²) in [4.78, 5) is 4.27. The summed E-state index contributed by atoms with van der Waals surface area (Å²) >= 11 is 0. The van der Waals surface area contributed by atoms with Gasteiger partial charge in [0.05, 0.1) is 16.9 Å². The standard InChI is InChI=1S/C17H21BFNO3/c1-16(2,21)17(3,4)23-18(22)13-7-10-15(20-11-13)12-5-8-14(19)9-6-12/h5-11,21-22H,1-4H3. The molecule has 1 heterocycles. The highest BCUT2D eigenvalue weighted by Gasteiger charge is 2.39. The van der Waals surface area contributed by atoms with Gasteiger partial charge in [-0.2, -0.15) is 0 Å². The van der Waals surface area contributed by atoms with Crippen LogP contribution in [0, 0.1) is 5.82 Å². The molecule has 0 saturated carbocycles. The van der Waals surface area contributed by atoms with Crippen molar-refractivity contribution in [2.24, 2.45) is 0 Å². The predicted molar refractivity (Wildman–Crippen MR) is 88.7 cm³/mol. The molecule has 2 aromatic rings. The Morgan fingerprint density at radius 3 is 2.13 bits per heavy atom. The number of pyridine rings is 1. The molecule has 0 unspecified atom stereocenters. The van der Waals surface area contributed by atoms with Crippen LogP contribution >= 0.6 is 0 Å². The molecule has 0 bridgehead atoms. The van der Waals surface area contributed by atoms with Gasteiger partial charge in [0, 0.05) is 17.2 Å². The van der Waals surface area contributed by atoms with Gasteiger partial charge in [-0.05, 0) is 58.0 Å². The first kappa shape index (κ1) is 17.6. The van der Waals surface area contributed by atoms with Gasteiger partial charge in [-0.15, -0.1) is 0 Å². The normalized spacial score (nSPS) is 12.3. The van der Waals surface area contributed by atoms with Crippen LogP contribution in [0.5, 0.6) is 0 Å². The number of rotatable bonds is 5. The molecule has 2 rings (SSSR count). The Labute approximate surface area is 136 Å². The molecule has 1 aromatic heterocycles. The largest absolute Gasteiger partial charge is 0.493 e. The van der Waals surface area contributed by atoms with Crippen LogP contribution in [0.3, 0.4) is 0 Å². The summed E-state index contributed by atoms with van der Waals surface area (Å²) in [5.41, 5.74) is -0.126. The third-order valence-corrected chi connectivity index (χ3v) is 4.09. The molecule has 6 heteroatoms. The van der Waals surface area contributed by atoms with E-state index in [-0.39, 0.29) is 5.82 Å². The van der Waals surface area contributed by atoms with E-state index < -0.39 is 18.3 Å². The smallest absolute Gasteiger partial charge is 0.423 e. The second-order valence-corrected chi connectivity index (χ2v) is 6.52. The number of hydrogen-bond donors (Lipinski definition) is 2. The van der Waals surface area contributed by atoms with Crippen LogP contribution in [0.1, 0.15) is 27.7 Å². The van der Waals surface area contributed by atoms with Crippen molar-refractivity contribution < 1.29 is 19.2 Å². The minimum Gasteiger partial charge on any atom is -0.423 e. The predicted octanol–water partition coefficient (Wildman–Crippen LogP) is 2.14. The molecule has 1 aromatic carbocycles. The fourth-order valence-electron chi connectivity index (χ4n) is 1.83. The van der Waals surface area contributed by atoms with E-state index in [4.69, 9.17) is 4.65 Å². The second kappa shape index (κ2) is 6.39. The molecule has 0 amide bonds. The van der Waals surface area contributed by atoms with Crippen LogP contribution < -0.4 is 5.46 Å². The Morgan fingerprint density at radius 1 is 1.04 bits per heavy atom. The third kappa shape index (κ3) is 4.16. The summed E-state index contributed by atoms with van der Waals surface area (Å²) in [7, 11) is -1.20. The van der Waals surface area contributed by atoms with Gasteiger partial charge in [0.25, 0.3) is 0 Å². The van der Waals surface area contributed by atoms with E-state index in [9.17, 15) is 14.5 Å². The average molecular weight is 317 g/mol. The Morgan fingerprint density at radius 2 is 1.65 bits per heavy atom. The summed E-state index contributed by atoms with van der Waals surface area (Å²) < 4.78 is 18.5. The Hall–Kier alpha value is -1.76. The molecule has 0 aliphatic heterocycles. The number of aromatic nitrogens is 1. The van der Waals surface area contributed by atoms with E-state index >= 15 is 0 Å². The van der Waals surface area contributed by atoms with Gasteiger partial charge in [-0.1, -0.05) is 6.07 Å². The minimum atomic E-state index is -1.20. The Bertz CT molecular complexity index is 651. The maximum Gasteiger partial charge on any atom is 0.493 e. The monoisotopic (exact) mass is 317 g/mol. The molecule has 23 heavy (non-hydrogen) atoms. The van der Waals surface area contributed by atoms with Crippen molar-refractivity contribution in [3.8, 4) is 11.3 Å². The first-order valence-electron chi connectivity index (χ1n) is 7.40. The quantitative estimate of drug-likeness (QED) is 0.830. The van der Waals surface area contributed by atoms with Gasteiger partial charge in [-0.25, -0.2) is 4.39 Å². The lowest BCUT2D eigenvalue weighted by Crippen LogP contribution is -2.53. The summed E-state index contributed by atoms with van der Waals surface area (Å²) in [5.74, 6) is -0.303.